The Balaban J connectivity index is 1.41. The van der Waals surface area contributed by atoms with Crippen LogP contribution in [0.2, 0.25) is 0 Å². The highest BCUT2D eigenvalue weighted by Gasteiger charge is 2.33. The molecule has 2 atom stereocenters. The van der Waals surface area contributed by atoms with Crippen molar-refractivity contribution in [2.24, 2.45) is 5.92 Å². The maximum absolute atomic E-state index is 13.3. The first-order valence-electron chi connectivity index (χ1n) is 11.6. The van der Waals surface area contributed by atoms with E-state index in [1.807, 2.05) is 0 Å². The summed E-state index contributed by atoms with van der Waals surface area (Å²) in [4.78, 5) is 25.9. The first kappa shape index (κ1) is 25.3. The molecule has 36 heavy (non-hydrogen) atoms. The molecule has 7 nitrogen and oxygen atoms in total. The van der Waals surface area contributed by atoms with Crippen molar-refractivity contribution in [3.63, 3.8) is 0 Å². The molecule has 11 heteroatoms. The Morgan fingerprint density at radius 1 is 1.00 bits per heavy atom. The lowest BCUT2D eigenvalue weighted by atomic mass is 9.85. The van der Waals surface area contributed by atoms with Gasteiger partial charge in [-0.1, -0.05) is 24.6 Å². The van der Waals surface area contributed by atoms with E-state index in [0.29, 0.717) is 36.1 Å². The zero-order valence-electron chi connectivity index (χ0n) is 19.6. The van der Waals surface area contributed by atoms with Crippen molar-refractivity contribution in [2.75, 3.05) is 17.7 Å². The second-order valence-electron chi connectivity index (χ2n) is 8.64. The molecule has 4 rings (SSSR count). The molecule has 0 bridgehead atoms. The summed E-state index contributed by atoms with van der Waals surface area (Å²) in [5, 5.41) is 8.81. The van der Waals surface area contributed by atoms with Crippen LogP contribution in [0.15, 0.2) is 48.5 Å². The molecule has 0 spiro atoms. The Labute approximate surface area is 205 Å². The highest BCUT2D eigenvalue weighted by molar-refractivity contribution is 5.78. The fourth-order valence-electron chi connectivity index (χ4n) is 4.30. The average molecular weight is 503 g/mol. The van der Waals surface area contributed by atoms with Crippen LogP contribution in [0.3, 0.4) is 0 Å². The molecule has 1 aliphatic rings. The van der Waals surface area contributed by atoms with Gasteiger partial charge in [0.15, 0.2) is 5.82 Å². The third-order valence-corrected chi connectivity index (χ3v) is 6.12. The molecular formula is C25H26F4N6O. The van der Waals surface area contributed by atoms with Gasteiger partial charge in [-0.3, -0.25) is 4.79 Å². The molecule has 1 fully saturated rings. The van der Waals surface area contributed by atoms with E-state index in [1.165, 1.54) is 30.3 Å². The van der Waals surface area contributed by atoms with E-state index >= 15 is 0 Å². The fourth-order valence-corrected chi connectivity index (χ4v) is 4.30. The molecule has 0 radical (unpaired) electrons. The van der Waals surface area contributed by atoms with Gasteiger partial charge in [-0.2, -0.15) is 28.1 Å². The van der Waals surface area contributed by atoms with Gasteiger partial charge < -0.3 is 16.0 Å². The lowest BCUT2D eigenvalue weighted by Crippen LogP contribution is -2.37. The number of anilines is 2. The predicted octanol–water partition coefficient (Wildman–Crippen LogP) is 5.03. The third kappa shape index (κ3) is 6.27. The predicted molar refractivity (Wildman–Crippen MR) is 127 cm³/mol. The van der Waals surface area contributed by atoms with Crippen molar-refractivity contribution in [3.8, 4) is 11.4 Å². The number of halogens is 4. The maximum atomic E-state index is 13.3. The Morgan fingerprint density at radius 3 is 2.44 bits per heavy atom. The van der Waals surface area contributed by atoms with Gasteiger partial charge in [0.1, 0.15) is 5.82 Å². The fraction of sp³-hybridized carbons (Fsp3) is 0.360. The van der Waals surface area contributed by atoms with Crippen LogP contribution in [0.25, 0.3) is 11.4 Å². The second-order valence-corrected chi connectivity index (χ2v) is 8.64. The van der Waals surface area contributed by atoms with Gasteiger partial charge in [0.2, 0.25) is 17.8 Å². The van der Waals surface area contributed by atoms with Crippen LogP contribution in [0.4, 0.5) is 29.5 Å². The number of amides is 1. The molecule has 1 amide bonds. The maximum Gasteiger partial charge on any atom is 0.416 e. The van der Waals surface area contributed by atoms with Crippen molar-refractivity contribution in [1.29, 1.82) is 0 Å². The van der Waals surface area contributed by atoms with Crippen LogP contribution in [0.5, 0.6) is 0 Å². The van der Waals surface area contributed by atoms with Crippen LogP contribution in [0.1, 0.15) is 36.8 Å². The van der Waals surface area contributed by atoms with E-state index in [4.69, 9.17) is 0 Å². The molecule has 0 unspecified atom stereocenters. The van der Waals surface area contributed by atoms with Crippen molar-refractivity contribution in [3.05, 3.63) is 65.5 Å². The Bertz CT molecular complexity index is 1200. The number of alkyl halides is 3. The number of hydrogen-bond donors (Lipinski definition) is 3. The molecule has 2 aromatic carbocycles. The molecule has 1 aromatic heterocycles. The molecule has 1 heterocycles. The molecule has 0 aliphatic heterocycles. The van der Waals surface area contributed by atoms with Gasteiger partial charge >= 0.3 is 6.18 Å². The van der Waals surface area contributed by atoms with Gasteiger partial charge in [-0.15, -0.1) is 0 Å². The van der Waals surface area contributed by atoms with E-state index in [9.17, 15) is 22.4 Å². The van der Waals surface area contributed by atoms with Crippen molar-refractivity contribution in [1.82, 2.24) is 20.3 Å². The Kier molecular flexibility index (Phi) is 7.66. The summed E-state index contributed by atoms with van der Waals surface area (Å²) in [5.41, 5.74) is -0.0963. The number of carbonyl (C=O) groups excluding carboxylic acids is 1. The molecule has 1 saturated carbocycles. The minimum atomic E-state index is -4.48. The summed E-state index contributed by atoms with van der Waals surface area (Å²) >= 11 is 0. The van der Waals surface area contributed by atoms with Gasteiger partial charge in [0.25, 0.3) is 0 Å². The minimum Gasteiger partial charge on any atom is -0.357 e. The molecule has 190 valence electrons. The zero-order valence-corrected chi connectivity index (χ0v) is 19.6. The summed E-state index contributed by atoms with van der Waals surface area (Å²) < 4.78 is 53.0. The van der Waals surface area contributed by atoms with Crippen molar-refractivity contribution < 1.29 is 22.4 Å². The van der Waals surface area contributed by atoms with Gasteiger partial charge in [0, 0.05) is 31.1 Å². The normalized spacial score (nSPS) is 17.9. The lowest BCUT2D eigenvalue weighted by Gasteiger charge is -2.29. The first-order chi connectivity index (χ1) is 17.2. The molecular weight excluding hydrogens is 476 g/mol. The number of nitrogens with one attached hydrogen (secondary N) is 3. The summed E-state index contributed by atoms with van der Waals surface area (Å²) in [6.07, 6.45) is -1.80. The molecule has 0 saturated heterocycles. The van der Waals surface area contributed by atoms with Gasteiger partial charge in [0.05, 0.1) is 5.56 Å². The van der Waals surface area contributed by atoms with Crippen LogP contribution in [0, 0.1) is 11.7 Å². The van der Waals surface area contributed by atoms with Crippen LogP contribution >= 0.6 is 0 Å². The Hall–Kier alpha value is -3.76. The minimum absolute atomic E-state index is 0.0296. The standard InChI is InChI=1S/C25H26F4N6O/c1-30-23-33-21(15-9-11-18(26)12-10-15)34-24(35-23)32-19-7-4-6-16(13-19)22(36)31-14-17-5-2-3-8-20(17)25(27,28)29/h2-3,5,8-12,16,19H,4,6-7,13-14H2,1H3,(H,31,36)(H2,30,32,33,34,35)/t16-,19+/m0/s1. The number of hydrogen-bond acceptors (Lipinski definition) is 6. The topological polar surface area (TPSA) is 91.8 Å². The SMILES string of the molecule is CNc1nc(N[C@@H]2CCC[C@H](C(=O)NCc3ccccc3C(F)(F)F)C2)nc(-c2ccc(F)cc2)n1. The number of rotatable bonds is 7. The molecule has 1 aliphatic carbocycles. The summed E-state index contributed by atoms with van der Waals surface area (Å²) in [6.45, 7) is -0.191. The van der Waals surface area contributed by atoms with E-state index in [2.05, 4.69) is 30.9 Å². The quantitative estimate of drug-likeness (QED) is 0.393. The largest absolute Gasteiger partial charge is 0.416 e. The zero-order chi connectivity index (χ0) is 25.7. The second kappa shape index (κ2) is 10.9. The van der Waals surface area contributed by atoms with E-state index in [-0.39, 0.29) is 35.8 Å². The Morgan fingerprint density at radius 2 is 1.72 bits per heavy atom. The average Bonchev–Trinajstić information content (AvgIpc) is 2.87. The number of carbonyl (C=O) groups is 1. The first-order valence-corrected chi connectivity index (χ1v) is 11.6. The number of nitrogens with zero attached hydrogens (tertiary/aromatic N) is 3. The van der Waals surface area contributed by atoms with Crippen LogP contribution in [-0.2, 0) is 17.5 Å². The monoisotopic (exact) mass is 502 g/mol. The van der Waals surface area contributed by atoms with Crippen LogP contribution in [-0.4, -0.2) is 33.9 Å². The van der Waals surface area contributed by atoms with E-state index < -0.39 is 11.7 Å². The van der Waals surface area contributed by atoms with Crippen LogP contribution < -0.4 is 16.0 Å². The highest BCUT2D eigenvalue weighted by atomic mass is 19.4. The third-order valence-electron chi connectivity index (χ3n) is 6.12. The smallest absolute Gasteiger partial charge is 0.357 e. The summed E-state index contributed by atoms with van der Waals surface area (Å²) in [7, 11) is 1.67. The number of aromatic nitrogens is 3. The van der Waals surface area contributed by atoms with Gasteiger partial charge in [-0.25, -0.2) is 4.39 Å². The number of benzene rings is 2. The van der Waals surface area contributed by atoms with E-state index in [0.717, 1.165) is 18.9 Å². The highest BCUT2D eigenvalue weighted by Crippen LogP contribution is 2.32. The summed E-state index contributed by atoms with van der Waals surface area (Å²) in [5.74, 6) is 0.0197. The van der Waals surface area contributed by atoms with Crippen molar-refractivity contribution >= 4 is 17.8 Å². The molecule has 3 N–H and O–H groups in total. The summed E-state index contributed by atoms with van der Waals surface area (Å²) in [6, 6.07) is 10.9. The lowest BCUT2D eigenvalue weighted by molar-refractivity contribution is -0.138. The van der Waals surface area contributed by atoms with E-state index in [1.54, 1.807) is 19.2 Å². The van der Waals surface area contributed by atoms with Crippen molar-refractivity contribution in [2.45, 2.75) is 44.4 Å². The molecule has 3 aromatic rings. The van der Waals surface area contributed by atoms with Gasteiger partial charge in [-0.05, 0) is 55.2 Å².